The molecule has 0 radical (unpaired) electrons. The Bertz CT molecular complexity index is 1180. The molecule has 3 heterocycles. The number of carbonyl (C=O) groups is 2. The Hall–Kier alpha value is -2.86. The number of likely N-dealkylation sites (tertiary alicyclic amines) is 1. The van der Waals surface area contributed by atoms with Gasteiger partial charge in [-0.2, -0.15) is 13.2 Å². The van der Waals surface area contributed by atoms with Gasteiger partial charge in [0.05, 0.1) is 24.3 Å². The van der Waals surface area contributed by atoms with Crippen LogP contribution in [-0.4, -0.2) is 52.0 Å². The Morgan fingerprint density at radius 2 is 1.83 bits per heavy atom. The number of carbonyl (C=O) groups excluding carboxylic acids is 2. The molecule has 0 spiro atoms. The monoisotopic (exact) mass is 532 g/mol. The van der Waals surface area contributed by atoms with Crippen molar-refractivity contribution in [2.45, 2.75) is 44.6 Å². The number of nitrogens with zero attached hydrogens (tertiary/aromatic N) is 3. The summed E-state index contributed by atoms with van der Waals surface area (Å²) in [6, 6.07) is -0.301. The molecule has 2 fully saturated rings. The largest absolute Gasteiger partial charge is 0.433 e. The normalized spacial score (nSPS) is 23.3. The molecule has 2 aliphatic heterocycles. The molecule has 0 saturated carbocycles. The quantitative estimate of drug-likeness (QED) is 0.461. The molecule has 194 valence electrons. The highest BCUT2D eigenvalue weighted by atomic mass is 35.5. The van der Waals surface area contributed by atoms with E-state index >= 15 is 0 Å². The summed E-state index contributed by atoms with van der Waals surface area (Å²) in [7, 11) is 0. The van der Waals surface area contributed by atoms with Gasteiger partial charge in [-0.15, -0.1) is 0 Å². The van der Waals surface area contributed by atoms with E-state index in [0.717, 1.165) is 12.1 Å². The molecular weight excluding hydrogens is 511 g/mol. The fourth-order valence-electron chi connectivity index (χ4n) is 4.46. The van der Waals surface area contributed by atoms with Crippen LogP contribution in [-0.2, 0) is 15.7 Å². The van der Waals surface area contributed by atoms with E-state index in [1.165, 1.54) is 4.90 Å². The lowest BCUT2D eigenvalue weighted by Crippen LogP contribution is -2.51. The van der Waals surface area contributed by atoms with Gasteiger partial charge in [0.15, 0.2) is 0 Å². The molecule has 1 aromatic heterocycles. The maximum atomic E-state index is 14.7. The summed E-state index contributed by atoms with van der Waals surface area (Å²) in [6.45, 7) is 3.85. The lowest BCUT2D eigenvalue weighted by molar-refractivity contribution is -0.141. The van der Waals surface area contributed by atoms with Gasteiger partial charge in [-0.25, -0.2) is 18.7 Å². The van der Waals surface area contributed by atoms with Crippen LogP contribution in [0.3, 0.4) is 0 Å². The van der Waals surface area contributed by atoms with E-state index in [1.807, 2.05) is 0 Å². The third-order valence-electron chi connectivity index (χ3n) is 6.71. The van der Waals surface area contributed by atoms with Crippen molar-refractivity contribution in [1.29, 1.82) is 0 Å². The van der Waals surface area contributed by atoms with E-state index in [9.17, 15) is 31.5 Å². The van der Waals surface area contributed by atoms with Crippen LogP contribution < -0.4 is 5.32 Å². The number of alkyl halides is 3. The molecule has 2 aromatic rings. The smallest absolute Gasteiger partial charge is 0.381 e. The number of aromatic nitrogens is 2. The highest BCUT2D eigenvalue weighted by Crippen LogP contribution is 2.35. The van der Waals surface area contributed by atoms with E-state index in [1.54, 1.807) is 13.8 Å². The van der Waals surface area contributed by atoms with E-state index in [4.69, 9.17) is 16.3 Å². The topological polar surface area (TPSA) is 84.4 Å². The molecule has 7 nitrogen and oxygen atoms in total. The van der Waals surface area contributed by atoms with Gasteiger partial charge in [-0.1, -0.05) is 18.5 Å². The molecule has 2 aliphatic rings. The summed E-state index contributed by atoms with van der Waals surface area (Å²) in [5.41, 5.74) is -1.92. The molecule has 1 N–H and O–H groups in total. The van der Waals surface area contributed by atoms with Crippen molar-refractivity contribution in [2.24, 2.45) is 11.8 Å². The zero-order chi connectivity index (χ0) is 26.4. The number of hydrogen-bond acceptors (Lipinski definition) is 5. The molecule has 2 amide bonds. The third-order valence-corrected chi connectivity index (χ3v) is 7.00. The molecule has 1 unspecified atom stereocenters. The van der Waals surface area contributed by atoms with Crippen LogP contribution in [0.1, 0.15) is 48.1 Å². The predicted octanol–water partition coefficient (Wildman–Crippen LogP) is 4.17. The maximum Gasteiger partial charge on any atom is 0.433 e. The molecule has 1 aromatic carbocycles. The standard InChI is InChI=1S/C23H22ClF5N4O3/c1-10-3-18(33(11(10)2)22(35)17-6-19(23(27,28)29)31-9-30-17)21(34)32-20(12-7-36-8-12)13-4-16(26)14(24)5-15(13)25/h4-6,9-12,18,20H,3,7-8H2,1-2H3,(H,32,34)/t10-,11-,18-,20?/m1/s1. The maximum absolute atomic E-state index is 14.7. The van der Waals surface area contributed by atoms with Crippen LogP contribution in [0.25, 0.3) is 0 Å². The van der Waals surface area contributed by atoms with E-state index in [2.05, 4.69) is 15.3 Å². The number of nitrogens with one attached hydrogen (secondary N) is 1. The summed E-state index contributed by atoms with van der Waals surface area (Å²) in [6.07, 6.45) is -3.93. The third kappa shape index (κ3) is 5.01. The number of ether oxygens (including phenoxy) is 1. The fourth-order valence-corrected chi connectivity index (χ4v) is 4.61. The molecule has 13 heteroatoms. The molecule has 2 saturated heterocycles. The van der Waals surface area contributed by atoms with Crippen LogP contribution in [0.2, 0.25) is 5.02 Å². The Morgan fingerprint density at radius 3 is 2.44 bits per heavy atom. The van der Waals surface area contributed by atoms with Crippen LogP contribution in [0.4, 0.5) is 22.0 Å². The van der Waals surface area contributed by atoms with Crippen molar-refractivity contribution in [1.82, 2.24) is 20.2 Å². The summed E-state index contributed by atoms with van der Waals surface area (Å²) < 4.78 is 73.3. The Labute approximate surface area is 208 Å². The molecule has 4 rings (SSSR count). The predicted molar refractivity (Wildman–Crippen MR) is 117 cm³/mol. The van der Waals surface area contributed by atoms with Gasteiger partial charge >= 0.3 is 6.18 Å². The van der Waals surface area contributed by atoms with Gasteiger partial charge < -0.3 is 15.0 Å². The Kier molecular flexibility index (Phi) is 7.20. The number of hydrogen-bond donors (Lipinski definition) is 1. The Morgan fingerprint density at radius 1 is 1.14 bits per heavy atom. The average molecular weight is 533 g/mol. The van der Waals surface area contributed by atoms with Gasteiger partial charge in [-0.3, -0.25) is 9.59 Å². The van der Waals surface area contributed by atoms with E-state index in [-0.39, 0.29) is 37.0 Å². The molecule has 0 bridgehead atoms. The summed E-state index contributed by atoms with van der Waals surface area (Å²) >= 11 is 5.66. The van der Waals surface area contributed by atoms with Gasteiger partial charge in [0.1, 0.15) is 35.4 Å². The minimum atomic E-state index is -4.78. The van der Waals surface area contributed by atoms with E-state index in [0.29, 0.717) is 12.4 Å². The van der Waals surface area contributed by atoms with Crippen molar-refractivity contribution >= 4 is 23.4 Å². The van der Waals surface area contributed by atoms with Gasteiger partial charge in [0.2, 0.25) is 5.91 Å². The first-order valence-electron chi connectivity index (χ1n) is 11.1. The van der Waals surface area contributed by atoms with Gasteiger partial charge in [0, 0.05) is 23.6 Å². The van der Waals surface area contributed by atoms with Gasteiger partial charge in [0.25, 0.3) is 5.91 Å². The van der Waals surface area contributed by atoms with E-state index < -0.39 is 64.2 Å². The van der Waals surface area contributed by atoms with Crippen LogP contribution in [0.5, 0.6) is 0 Å². The van der Waals surface area contributed by atoms with Crippen molar-refractivity contribution in [3.05, 3.63) is 58.1 Å². The SMILES string of the molecule is C[C@@H]1C[C@H](C(=O)NC(c2cc(F)c(Cl)cc2F)C2COC2)N(C(=O)c2cc(C(F)(F)F)ncn2)[C@@H]1C. The first-order valence-corrected chi connectivity index (χ1v) is 11.5. The minimum absolute atomic E-state index is 0.124. The highest BCUT2D eigenvalue weighted by Gasteiger charge is 2.45. The minimum Gasteiger partial charge on any atom is -0.381 e. The molecule has 0 aliphatic carbocycles. The van der Waals surface area contributed by atoms with Crippen molar-refractivity contribution in [3.8, 4) is 0 Å². The van der Waals surface area contributed by atoms with Gasteiger partial charge in [-0.05, 0) is 31.4 Å². The highest BCUT2D eigenvalue weighted by molar-refractivity contribution is 6.30. The zero-order valence-electron chi connectivity index (χ0n) is 19.2. The molecule has 36 heavy (non-hydrogen) atoms. The number of benzene rings is 1. The number of rotatable bonds is 5. The van der Waals surface area contributed by atoms with Crippen LogP contribution in [0, 0.1) is 23.5 Å². The van der Waals surface area contributed by atoms with Crippen molar-refractivity contribution < 1.29 is 36.3 Å². The zero-order valence-corrected chi connectivity index (χ0v) is 19.9. The van der Waals surface area contributed by atoms with Crippen LogP contribution >= 0.6 is 11.6 Å². The molecule has 4 atom stereocenters. The second-order valence-corrected chi connectivity index (χ2v) is 9.45. The average Bonchev–Trinajstić information content (AvgIpc) is 3.08. The number of halogens is 6. The lowest BCUT2D eigenvalue weighted by Gasteiger charge is -2.36. The summed E-state index contributed by atoms with van der Waals surface area (Å²) in [5.74, 6) is -3.75. The Balaban J connectivity index is 1.62. The summed E-state index contributed by atoms with van der Waals surface area (Å²) in [4.78, 5) is 34.7. The first kappa shape index (κ1) is 26.2. The van der Waals surface area contributed by atoms with Crippen LogP contribution in [0.15, 0.2) is 24.5 Å². The first-order chi connectivity index (χ1) is 16.9. The second kappa shape index (κ2) is 9.89. The fraction of sp³-hybridized carbons (Fsp3) is 0.478. The number of amides is 2. The van der Waals surface area contributed by atoms with Crippen molar-refractivity contribution in [3.63, 3.8) is 0 Å². The molecular formula is C23H22ClF5N4O3. The lowest BCUT2D eigenvalue weighted by atomic mass is 9.90. The van der Waals surface area contributed by atoms with Crippen molar-refractivity contribution in [2.75, 3.05) is 13.2 Å². The summed E-state index contributed by atoms with van der Waals surface area (Å²) in [5, 5.41) is 2.29. The second-order valence-electron chi connectivity index (χ2n) is 9.04.